The van der Waals surface area contributed by atoms with Gasteiger partial charge in [-0.3, -0.25) is 9.59 Å². The maximum Gasteiger partial charge on any atom is 0.263 e. The predicted molar refractivity (Wildman–Crippen MR) is 96.5 cm³/mol. The van der Waals surface area contributed by atoms with Crippen LogP contribution in [0.3, 0.4) is 0 Å². The van der Waals surface area contributed by atoms with Gasteiger partial charge in [0.05, 0.1) is 19.3 Å². The van der Waals surface area contributed by atoms with Crippen molar-refractivity contribution >= 4 is 5.91 Å². The molecular formula is C19H23N3O4. The Morgan fingerprint density at radius 2 is 2.23 bits per heavy atom. The van der Waals surface area contributed by atoms with Crippen molar-refractivity contribution in [2.24, 2.45) is 0 Å². The number of carbonyl (C=O) groups is 1. The lowest BCUT2D eigenvalue weighted by Crippen LogP contribution is -2.52. The summed E-state index contributed by atoms with van der Waals surface area (Å²) in [4.78, 5) is 29.3. The maximum absolute atomic E-state index is 12.7. The molecule has 1 aliphatic heterocycles. The fraction of sp³-hybridized carbons (Fsp3) is 0.421. The first-order valence-electron chi connectivity index (χ1n) is 8.77. The van der Waals surface area contributed by atoms with Crippen molar-refractivity contribution in [3.63, 3.8) is 0 Å². The minimum absolute atomic E-state index is 0.125. The number of aryl methyl sites for hydroxylation is 1. The van der Waals surface area contributed by atoms with Crippen LogP contribution in [0.25, 0.3) is 0 Å². The number of nitrogens with zero attached hydrogens (tertiary/aromatic N) is 2. The molecule has 0 unspecified atom stereocenters. The monoisotopic (exact) mass is 357 g/mol. The average molecular weight is 357 g/mol. The molecule has 0 bridgehead atoms. The number of ether oxygens (including phenoxy) is 2. The van der Waals surface area contributed by atoms with E-state index in [1.807, 2.05) is 26.0 Å². The summed E-state index contributed by atoms with van der Waals surface area (Å²) >= 11 is 0. The first-order chi connectivity index (χ1) is 12.6. The summed E-state index contributed by atoms with van der Waals surface area (Å²) in [6.45, 7) is 5.12. The molecule has 0 spiro atoms. The number of rotatable bonds is 5. The van der Waals surface area contributed by atoms with E-state index in [0.29, 0.717) is 32.1 Å². The molecule has 0 radical (unpaired) electrons. The molecule has 0 aromatic carbocycles. The molecule has 2 aromatic rings. The molecule has 1 amide bonds. The molecule has 138 valence electrons. The van der Waals surface area contributed by atoms with Crippen molar-refractivity contribution in [2.75, 3.05) is 13.2 Å². The first-order valence-corrected chi connectivity index (χ1v) is 8.77. The Morgan fingerprint density at radius 3 is 2.96 bits per heavy atom. The van der Waals surface area contributed by atoms with Gasteiger partial charge in [-0.05, 0) is 32.0 Å². The van der Waals surface area contributed by atoms with E-state index in [0.717, 1.165) is 5.69 Å². The van der Waals surface area contributed by atoms with Gasteiger partial charge in [-0.1, -0.05) is 6.07 Å². The topological polar surface area (TPSA) is 82.5 Å². The second-order valence-corrected chi connectivity index (χ2v) is 6.21. The van der Waals surface area contributed by atoms with E-state index in [9.17, 15) is 9.59 Å². The molecule has 0 saturated carbocycles. The lowest BCUT2D eigenvalue weighted by atomic mass is 10.1. The Bertz CT molecular complexity index is 819. The maximum atomic E-state index is 12.7. The summed E-state index contributed by atoms with van der Waals surface area (Å²) in [7, 11) is 0. The fourth-order valence-electron chi connectivity index (χ4n) is 3.05. The summed E-state index contributed by atoms with van der Waals surface area (Å²) in [5.74, 6) is 0.0876. The molecule has 2 aromatic heterocycles. The van der Waals surface area contributed by atoms with Gasteiger partial charge in [0.25, 0.3) is 11.5 Å². The van der Waals surface area contributed by atoms with Gasteiger partial charge in [0.2, 0.25) is 5.88 Å². The number of pyridine rings is 2. The van der Waals surface area contributed by atoms with Crippen LogP contribution in [0, 0.1) is 6.92 Å². The van der Waals surface area contributed by atoms with Crippen molar-refractivity contribution in [3.05, 3.63) is 58.1 Å². The van der Waals surface area contributed by atoms with Crippen LogP contribution in [0.5, 0.6) is 5.88 Å². The summed E-state index contributed by atoms with van der Waals surface area (Å²) < 4.78 is 13.0. The molecule has 1 N–H and O–H groups in total. The van der Waals surface area contributed by atoms with Crippen molar-refractivity contribution in [2.45, 2.75) is 39.0 Å². The molecule has 1 fully saturated rings. The molecule has 3 heterocycles. The van der Waals surface area contributed by atoms with Gasteiger partial charge in [0.15, 0.2) is 0 Å². The zero-order valence-corrected chi connectivity index (χ0v) is 15.0. The van der Waals surface area contributed by atoms with Crippen LogP contribution in [0.2, 0.25) is 0 Å². The summed E-state index contributed by atoms with van der Waals surface area (Å²) in [6, 6.07) is 8.42. The van der Waals surface area contributed by atoms with Gasteiger partial charge >= 0.3 is 0 Å². The largest absolute Gasteiger partial charge is 0.472 e. The third-order valence-corrected chi connectivity index (χ3v) is 4.47. The van der Waals surface area contributed by atoms with E-state index in [1.165, 1.54) is 0 Å². The van der Waals surface area contributed by atoms with Gasteiger partial charge in [0.1, 0.15) is 11.7 Å². The lowest BCUT2D eigenvalue weighted by molar-refractivity contribution is -0.00451. The summed E-state index contributed by atoms with van der Waals surface area (Å²) in [6.07, 6.45) is 2.03. The SMILES string of the molecule is CCn1c(C)ccc(C(=O)N[C@@H]2COCC[C@H]2Oc2ccccn2)c1=O. The van der Waals surface area contributed by atoms with Crippen LogP contribution in [-0.4, -0.2) is 40.8 Å². The highest BCUT2D eigenvalue weighted by Crippen LogP contribution is 2.16. The van der Waals surface area contributed by atoms with E-state index < -0.39 is 5.91 Å². The lowest BCUT2D eigenvalue weighted by Gasteiger charge is -2.32. The highest BCUT2D eigenvalue weighted by molar-refractivity contribution is 5.94. The van der Waals surface area contributed by atoms with E-state index in [1.54, 1.807) is 29.0 Å². The van der Waals surface area contributed by atoms with E-state index >= 15 is 0 Å². The quantitative estimate of drug-likeness (QED) is 0.878. The summed E-state index contributed by atoms with van der Waals surface area (Å²) in [5, 5.41) is 2.89. The predicted octanol–water partition coefficient (Wildman–Crippen LogP) is 1.54. The van der Waals surface area contributed by atoms with Crippen LogP contribution in [0.1, 0.15) is 29.4 Å². The molecule has 1 aliphatic rings. The minimum Gasteiger partial charge on any atom is -0.472 e. The average Bonchev–Trinajstić information content (AvgIpc) is 2.64. The molecule has 26 heavy (non-hydrogen) atoms. The second-order valence-electron chi connectivity index (χ2n) is 6.21. The Kier molecular flexibility index (Phi) is 5.68. The number of hydrogen-bond acceptors (Lipinski definition) is 5. The molecular weight excluding hydrogens is 334 g/mol. The second kappa shape index (κ2) is 8.14. The van der Waals surface area contributed by atoms with E-state index in [2.05, 4.69) is 10.3 Å². The third-order valence-electron chi connectivity index (χ3n) is 4.47. The standard InChI is InChI=1S/C19H23N3O4/c1-3-22-13(2)7-8-14(19(22)24)18(23)21-15-12-25-11-9-16(15)26-17-6-4-5-10-20-17/h4-8,10,15-16H,3,9,11-12H2,1-2H3,(H,21,23)/t15-,16-/m1/s1. The normalized spacial score (nSPS) is 19.8. The van der Waals surface area contributed by atoms with Gasteiger partial charge in [-0.2, -0.15) is 0 Å². The fourth-order valence-corrected chi connectivity index (χ4v) is 3.05. The van der Waals surface area contributed by atoms with Gasteiger partial charge < -0.3 is 19.4 Å². The van der Waals surface area contributed by atoms with Gasteiger partial charge in [0, 0.05) is 30.9 Å². The van der Waals surface area contributed by atoms with Gasteiger partial charge in [-0.25, -0.2) is 4.98 Å². The molecule has 7 nitrogen and oxygen atoms in total. The van der Waals surface area contributed by atoms with E-state index in [4.69, 9.17) is 9.47 Å². The van der Waals surface area contributed by atoms with E-state index in [-0.39, 0.29) is 23.3 Å². The van der Waals surface area contributed by atoms with Crippen molar-refractivity contribution in [3.8, 4) is 5.88 Å². The minimum atomic E-state index is -0.415. The molecule has 1 saturated heterocycles. The number of carbonyl (C=O) groups excluding carboxylic acids is 1. The zero-order valence-electron chi connectivity index (χ0n) is 15.0. The highest BCUT2D eigenvalue weighted by Gasteiger charge is 2.30. The number of hydrogen-bond donors (Lipinski definition) is 1. The Hall–Kier alpha value is -2.67. The zero-order chi connectivity index (χ0) is 18.5. The first kappa shape index (κ1) is 18.1. The van der Waals surface area contributed by atoms with Crippen molar-refractivity contribution in [1.29, 1.82) is 0 Å². The Balaban J connectivity index is 1.75. The smallest absolute Gasteiger partial charge is 0.263 e. The molecule has 3 rings (SSSR count). The van der Waals surface area contributed by atoms with Crippen LogP contribution in [-0.2, 0) is 11.3 Å². The number of nitrogens with one attached hydrogen (secondary N) is 1. The molecule has 0 aliphatic carbocycles. The Labute approximate surface area is 152 Å². The van der Waals surface area contributed by atoms with Crippen LogP contribution >= 0.6 is 0 Å². The van der Waals surface area contributed by atoms with Crippen LogP contribution in [0.15, 0.2) is 41.3 Å². The number of amides is 1. The summed E-state index contributed by atoms with van der Waals surface area (Å²) in [5.41, 5.74) is 0.662. The third kappa shape index (κ3) is 3.94. The Morgan fingerprint density at radius 1 is 1.38 bits per heavy atom. The molecule has 7 heteroatoms. The highest BCUT2D eigenvalue weighted by atomic mass is 16.5. The van der Waals surface area contributed by atoms with Gasteiger partial charge in [-0.15, -0.1) is 0 Å². The molecule has 2 atom stereocenters. The van der Waals surface area contributed by atoms with Crippen LogP contribution < -0.4 is 15.6 Å². The number of aromatic nitrogens is 2. The van der Waals surface area contributed by atoms with Crippen LogP contribution in [0.4, 0.5) is 0 Å². The van der Waals surface area contributed by atoms with Crippen molar-refractivity contribution in [1.82, 2.24) is 14.9 Å². The van der Waals surface area contributed by atoms with Crippen molar-refractivity contribution < 1.29 is 14.3 Å².